The van der Waals surface area contributed by atoms with Gasteiger partial charge in [-0.15, -0.1) is 0 Å². The maximum Gasteiger partial charge on any atom is 0.114 e. The van der Waals surface area contributed by atoms with Crippen molar-refractivity contribution >= 4 is 72.1 Å². The Kier molecular flexibility index (Phi) is 9.48. The van der Waals surface area contributed by atoms with E-state index in [4.69, 9.17) is 9.97 Å². The number of para-hydroxylation sites is 4. The van der Waals surface area contributed by atoms with Gasteiger partial charge in [-0.2, -0.15) is 0 Å². The summed E-state index contributed by atoms with van der Waals surface area (Å²) in [5.74, 6) is 2.18. The molecule has 0 atom stereocenters. The van der Waals surface area contributed by atoms with Crippen LogP contribution in [0.25, 0.3) is 66.8 Å². The van der Waals surface area contributed by atoms with Crippen LogP contribution in [0, 0.1) is 0 Å². The monoisotopic (exact) mass is 1010 g/mol. The molecule has 0 amide bonds. The second-order valence-corrected chi connectivity index (χ2v) is 20.5. The van der Waals surface area contributed by atoms with E-state index < -0.39 is 0 Å². The van der Waals surface area contributed by atoms with E-state index >= 15 is 0 Å². The summed E-state index contributed by atoms with van der Waals surface area (Å²) >= 11 is 3.64. The average molecular weight is 1020 g/mol. The van der Waals surface area contributed by atoms with E-state index in [9.17, 15) is 0 Å². The molecule has 2 aliphatic heterocycles. The molecule has 4 heterocycles. The molecule has 4 aliphatic rings. The molecule has 0 unspecified atom stereocenters. The van der Waals surface area contributed by atoms with Gasteiger partial charge in [-0.3, -0.25) is 9.13 Å². The van der Waals surface area contributed by atoms with Gasteiger partial charge < -0.3 is 9.80 Å². The lowest BCUT2D eigenvalue weighted by molar-refractivity contribution is 0.794. The Labute approximate surface area is 438 Å². The summed E-state index contributed by atoms with van der Waals surface area (Å²) in [7, 11) is 0. The molecule has 2 aromatic heterocycles. The van der Waals surface area contributed by atoms with Crippen molar-refractivity contribution in [2.24, 2.45) is 0 Å². The predicted molar refractivity (Wildman–Crippen MR) is 307 cm³/mol. The van der Waals surface area contributed by atoms with E-state index in [1.54, 1.807) is 0 Å². The van der Waals surface area contributed by atoms with Gasteiger partial charge in [-0.05, 0) is 141 Å². The van der Waals surface area contributed by atoms with Gasteiger partial charge in [0.15, 0.2) is 0 Å². The summed E-state index contributed by atoms with van der Waals surface area (Å²) in [6.45, 7) is 4.35. The van der Waals surface area contributed by atoms with Crippen LogP contribution in [0.3, 0.4) is 0 Å². The molecule has 12 aromatic rings. The fourth-order valence-corrected chi connectivity index (χ4v) is 13.2. The molecule has 0 N–H and O–H groups in total. The number of benzene rings is 10. The highest BCUT2D eigenvalue weighted by Gasteiger charge is 2.51. The van der Waals surface area contributed by atoms with Crippen LogP contribution < -0.4 is 9.80 Å². The van der Waals surface area contributed by atoms with Crippen LogP contribution in [0.1, 0.15) is 47.8 Å². The highest BCUT2D eigenvalue weighted by molar-refractivity contribution is 9.10. The molecule has 0 bridgehead atoms. The first-order chi connectivity index (χ1) is 36.5. The molecule has 6 nitrogen and oxygen atoms in total. The third-order valence-corrected chi connectivity index (χ3v) is 16.3. The Morgan fingerprint density at radius 1 is 0.365 bits per heavy atom. The molecule has 7 heteroatoms. The summed E-state index contributed by atoms with van der Waals surface area (Å²) in [6.07, 6.45) is 1.76. The Balaban J connectivity index is 0.000000162. The van der Waals surface area contributed by atoms with Crippen LogP contribution in [-0.2, 0) is 18.3 Å². The second-order valence-electron chi connectivity index (χ2n) is 19.5. The van der Waals surface area contributed by atoms with E-state index in [1.807, 2.05) is 0 Å². The number of aryl methyl sites for hydroxylation is 2. The normalized spacial score (nSPS) is 13.5. The zero-order valence-corrected chi connectivity index (χ0v) is 42.4. The number of imidazole rings is 2. The van der Waals surface area contributed by atoms with Crippen molar-refractivity contribution in [3.05, 3.63) is 263 Å². The molecule has 352 valence electrons. The fraction of sp³-hybridized carbons (Fsp3) is 0.0746. The number of anilines is 6. The first kappa shape index (κ1) is 42.9. The Hall–Kier alpha value is -8.78. The zero-order valence-electron chi connectivity index (χ0n) is 40.8. The van der Waals surface area contributed by atoms with Gasteiger partial charge in [0, 0.05) is 28.7 Å². The number of hydrogen-bond donors (Lipinski definition) is 0. The minimum Gasteiger partial charge on any atom is -0.306 e. The smallest absolute Gasteiger partial charge is 0.114 e. The second kappa shape index (κ2) is 16.4. The molecule has 16 rings (SSSR count). The minimum absolute atomic E-state index is 0.364. The van der Waals surface area contributed by atoms with E-state index in [-0.39, 0.29) is 5.41 Å². The summed E-state index contributed by atoms with van der Waals surface area (Å²) < 4.78 is 5.76. The number of aromatic nitrogens is 4. The number of hydrogen-bond acceptors (Lipinski definition) is 4. The molecule has 0 saturated carbocycles. The maximum atomic E-state index is 5.08. The van der Waals surface area contributed by atoms with Crippen LogP contribution in [0.15, 0.2) is 229 Å². The lowest BCUT2D eigenvalue weighted by Gasteiger charge is -2.33. The van der Waals surface area contributed by atoms with Crippen LogP contribution >= 0.6 is 15.9 Å². The van der Waals surface area contributed by atoms with E-state index in [1.165, 1.54) is 78.0 Å². The predicted octanol–water partition coefficient (Wildman–Crippen LogP) is 17.5. The number of fused-ring (bicyclic) bond motifs is 14. The molecule has 2 aliphatic carbocycles. The Bertz CT molecular complexity index is 4200. The van der Waals surface area contributed by atoms with Gasteiger partial charge in [-0.25, -0.2) is 9.97 Å². The molecule has 0 radical (unpaired) electrons. The lowest BCUT2D eigenvalue weighted by atomic mass is 9.70. The van der Waals surface area contributed by atoms with Gasteiger partial charge in [-0.1, -0.05) is 169 Å². The van der Waals surface area contributed by atoms with Crippen LogP contribution in [-0.4, -0.2) is 19.1 Å². The Morgan fingerprint density at radius 2 is 0.797 bits per heavy atom. The highest BCUT2D eigenvalue weighted by atomic mass is 79.9. The maximum absolute atomic E-state index is 5.08. The molecule has 10 aromatic carbocycles. The topological polar surface area (TPSA) is 42.1 Å². The van der Waals surface area contributed by atoms with E-state index in [0.29, 0.717) is 0 Å². The van der Waals surface area contributed by atoms with Crippen molar-refractivity contribution in [3.8, 4) is 44.8 Å². The van der Waals surface area contributed by atoms with Crippen molar-refractivity contribution in [1.82, 2.24) is 19.1 Å². The molecule has 0 fully saturated rings. The third kappa shape index (κ3) is 5.93. The quantitative estimate of drug-likeness (QED) is 0.172. The Morgan fingerprint density at radius 3 is 1.31 bits per heavy atom. The van der Waals surface area contributed by atoms with E-state index in [0.717, 1.165) is 74.1 Å². The summed E-state index contributed by atoms with van der Waals surface area (Å²) in [4.78, 5) is 14.7. The first-order valence-corrected chi connectivity index (χ1v) is 26.4. The van der Waals surface area contributed by atoms with Gasteiger partial charge >= 0.3 is 0 Å². The van der Waals surface area contributed by atoms with E-state index in [2.05, 4.69) is 273 Å². The minimum atomic E-state index is -0.364. The standard InChI is InChI=1S/C46H31N3.C21H16BrN3/c1-2-44-47-40-21-12-22-42-45(40)49(44)41-26-24-30(28-43(41)48(42)31-13-4-3-5-14-31)29-23-25-35-34-17-8-11-20-38(34)46(39(35)27-29)36-18-9-6-15-32(36)33-16-7-10-19-37(33)46;1-2-20-23-16-9-6-10-18-21(16)25(20)17-12-11-14(22)13-19(17)24(18)15-7-4-3-5-8-15/h3-28H,2H2,1H3;3-13H,2H2,1H3. The number of nitrogens with zero attached hydrogens (tertiary/aromatic N) is 6. The summed E-state index contributed by atoms with van der Waals surface area (Å²) in [5, 5.41) is 0. The summed E-state index contributed by atoms with van der Waals surface area (Å²) in [6, 6.07) is 81.8. The van der Waals surface area contributed by atoms with Crippen molar-refractivity contribution < 1.29 is 0 Å². The molecule has 74 heavy (non-hydrogen) atoms. The van der Waals surface area contributed by atoms with Crippen LogP contribution in [0.5, 0.6) is 0 Å². The van der Waals surface area contributed by atoms with Gasteiger partial charge in [0.05, 0.1) is 61.6 Å². The summed E-state index contributed by atoms with van der Waals surface area (Å²) in [5.41, 5.74) is 26.5. The zero-order chi connectivity index (χ0) is 49.2. The van der Waals surface area contributed by atoms with Crippen molar-refractivity contribution in [3.63, 3.8) is 0 Å². The highest BCUT2D eigenvalue weighted by Crippen LogP contribution is 2.63. The number of rotatable bonds is 5. The van der Waals surface area contributed by atoms with Gasteiger partial charge in [0.1, 0.15) is 11.6 Å². The first-order valence-electron chi connectivity index (χ1n) is 25.6. The average Bonchev–Trinajstić information content (AvgIpc) is 4.21. The van der Waals surface area contributed by atoms with Gasteiger partial charge in [0.2, 0.25) is 0 Å². The molecule has 1 spiro atoms. The SMILES string of the molecule is CCc1nc2cccc3c2n1-c1ccc(-c2ccc4c(c2)C2(c5ccccc5-c5ccccc52)c2ccccc2-4)cc1N3c1ccccc1.CCc1nc2cccc3c2n1-c1ccc(Br)cc1N3c1ccccc1. The largest absolute Gasteiger partial charge is 0.306 e. The molecular weight excluding hydrogens is 969 g/mol. The number of halogens is 1. The van der Waals surface area contributed by atoms with Crippen molar-refractivity contribution in [2.45, 2.75) is 32.1 Å². The molecule has 0 saturated heterocycles. The molecular formula is C67H47BrN6. The third-order valence-electron chi connectivity index (χ3n) is 15.8. The van der Waals surface area contributed by atoms with Gasteiger partial charge in [0.25, 0.3) is 0 Å². The van der Waals surface area contributed by atoms with Crippen molar-refractivity contribution in [2.75, 3.05) is 9.80 Å². The fourth-order valence-electron chi connectivity index (χ4n) is 12.8. The van der Waals surface area contributed by atoms with Crippen molar-refractivity contribution in [1.29, 1.82) is 0 Å². The lowest BCUT2D eigenvalue weighted by Crippen LogP contribution is -2.25. The van der Waals surface area contributed by atoms with Crippen LogP contribution in [0.4, 0.5) is 34.1 Å². The van der Waals surface area contributed by atoms with Crippen LogP contribution in [0.2, 0.25) is 0 Å².